The van der Waals surface area contributed by atoms with Gasteiger partial charge in [0.25, 0.3) is 5.91 Å². The molecule has 1 aliphatic rings. The Balaban J connectivity index is 2.39. The first-order valence-electron chi connectivity index (χ1n) is 4.65. The van der Waals surface area contributed by atoms with Gasteiger partial charge in [-0.3, -0.25) is 15.1 Å². The van der Waals surface area contributed by atoms with Crippen LogP contribution in [0.25, 0.3) is 0 Å². The molecule has 1 heterocycles. The number of nitrogens with zero attached hydrogens (tertiary/aromatic N) is 1. The maximum atomic E-state index is 11.2. The molecule has 0 aliphatic carbocycles. The minimum Gasteiger partial charge on any atom is -0.328 e. The van der Waals surface area contributed by atoms with Gasteiger partial charge in [0.15, 0.2) is 0 Å². The highest BCUT2D eigenvalue weighted by Gasteiger charge is 2.24. The fraction of sp³-hybridized carbons (Fsp3) is 0.875. The molecule has 1 saturated heterocycles. The van der Waals surface area contributed by atoms with Crippen LogP contribution in [0.1, 0.15) is 19.8 Å². The summed E-state index contributed by atoms with van der Waals surface area (Å²) in [5.41, 5.74) is 7.92. The van der Waals surface area contributed by atoms with E-state index in [-0.39, 0.29) is 11.9 Å². The van der Waals surface area contributed by atoms with Gasteiger partial charge in [0.05, 0.1) is 6.04 Å². The molecular formula is C8H18N4O. The summed E-state index contributed by atoms with van der Waals surface area (Å²) in [5.74, 6) is 4.93. The van der Waals surface area contributed by atoms with Gasteiger partial charge in [-0.1, -0.05) is 0 Å². The van der Waals surface area contributed by atoms with Crippen LogP contribution in [-0.2, 0) is 4.79 Å². The van der Waals surface area contributed by atoms with Crippen molar-refractivity contribution in [1.82, 2.24) is 10.3 Å². The van der Waals surface area contributed by atoms with Gasteiger partial charge >= 0.3 is 0 Å². The van der Waals surface area contributed by atoms with E-state index in [0.29, 0.717) is 6.04 Å². The van der Waals surface area contributed by atoms with Crippen molar-refractivity contribution in [2.24, 2.45) is 11.6 Å². The average Bonchev–Trinajstić information content (AvgIpc) is 2.17. The van der Waals surface area contributed by atoms with E-state index in [9.17, 15) is 4.79 Å². The lowest BCUT2D eigenvalue weighted by atomic mass is 10.0. The smallest absolute Gasteiger partial charge is 0.250 e. The number of hydrazine groups is 1. The molecule has 76 valence electrons. The monoisotopic (exact) mass is 186 g/mol. The maximum absolute atomic E-state index is 11.2. The number of carbonyl (C=O) groups is 1. The van der Waals surface area contributed by atoms with Crippen molar-refractivity contribution in [2.75, 3.05) is 13.1 Å². The number of carbonyl (C=O) groups excluding carboxylic acids is 1. The Morgan fingerprint density at radius 3 is 2.54 bits per heavy atom. The van der Waals surface area contributed by atoms with Crippen LogP contribution in [0.15, 0.2) is 0 Å². The van der Waals surface area contributed by atoms with Crippen LogP contribution in [0.4, 0.5) is 0 Å². The minimum absolute atomic E-state index is 0.129. The zero-order chi connectivity index (χ0) is 9.84. The number of nitrogens with two attached hydrogens (primary N) is 2. The highest BCUT2D eigenvalue weighted by atomic mass is 16.2. The van der Waals surface area contributed by atoms with Crippen molar-refractivity contribution in [3.8, 4) is 0 Å². The first-order chi connectivity index (χ1) is 6.15. The summed E-state index contributed by atoms with van der Waals surface area (Å²) in [4.78, 5) is 13.3. The molecule has 0 aromatic heterocycles. The third-order valence-electron chi connectivity index (χ3n) is 2.64. The van der Waals surface area contributed by atoms with Gasteiger partial charge in [0.2, 0.25) is 0 Å². The van der Waals surface area contributed by atoms with Crippen LogP contribution in [0.2, 0.25) is 0 Å². The predicted octanol–water partition coefficient (Wildman–Crippen LogP) is -1.21. The second-order valence-corrected chi connectivity index (χ2v) is 3.56. The molecule has 0 spiro atoms. The summed E-state index contributed by atoms with van der Waals surface area (Å²) < 4.78 is 0. The van der Waals surface area contributed by atoms with Gasteiger partial charge in [0, 0.05) is 19.1 Å². The minimum atomic E-state index is -0.141. The van der Waals surface area contributed by atoms with Gasteiger partial charge < -0.3 is 5.73 Å². The molecule has 0 radical (unpaired) electrons. The largest absolute Gasteiger partial charge is 0.328 e. The van der Waals surface area contributed by atoms with Gasteiger partial charge in [-0.25, -0.2) is 5.84 Å². The molecule has 5 heteroatoms. The lowest BCUT2D eigenvalue weighted by Gasteiger charge is -2.33. The van der Waals surface area contributed by atoms with Crippen molar-refractivity contribution in [3.63, 3.8) is 0 Å². The van der Waals surface area contributed by atoms with E-state index in [1.807, 2.05) is 6.92 Å². The number of likely N-dealkylation sites (tertiary alicyclic amines) is 1. The highest BCUT2D eigenvalue weighted by Crippen LogP contribution is 2.11. The second-order valence-electron chi connectivity index (χ2n) is 3.56. The summed E-state index contributed by atoms with van der Waals surface area (Å²) in [5, 5.41) is 0. The number of rotatable bonds is 2. The molecule has 0 aromatic rings. The molecular weight excluding hydrogens is 168 g/mol. The lowest BCUT2D eigenvalue weighted by molar-refractivity contribution is -0.126. The van der Waals surface area contributed by atoms with Crippen molar-refractivity contribution in [3.05, 3.63) is 0 Å². The summed E-state index contributed by atoms with van der Waals surface area (Å²) in [6.07, 6.45) is 1.92. The lowest BCUT2D eigenvalue weighted by Crippen LogP contribution is -2.51. The summed E-state index contributed by atoms with van der Waals surface area (Å²) in [7, 11) is 0. The normalized spacial score (nSPS) is 22.7. The van der Waals surface area contributed by atoms with Gasteiger partial charge in [-0.2, -0.15) is 0 Å². The Bertz CT molecular complexity index is 177. The standard InChI is InChI=1S/C8H18N4O/c1-6(8(13)11-10)12-4-2-7(9)3-5-12/h6-7H,2-5,9-10H2,1H3,(H,11,13). The molecule has 1 atom stereocenters. The van der Waals surface area contributed by atoms with E-state index in [1.54, 1.807) is 0 Å². The molecule has 0 saturated carbocycles. The Morgan fingerprint density at radius 1 is 1.54 bits per heavy atom. The maximum Gasteiger partial charge on any atom is 0.250 e. The van der Waals surface area contributed by atoms with Crippen LogP contribution in [0, 0.1) is 0 Å². The predicted molar refractivity (Wildman–Crippen MR) is 50.6 cm³/mol. The van der Waals surface area contributed by atoms with E-state index < -0.39 is 0 Å². The topological polar surface area (TPSA) is 84.4 Å². The first kappa shape index (κ1) is 10.4. The number of nitrogens with one attached hydrogen (secondary N) is 1. The molecule has 0 aromatic carbocycles. The zero-order valence-electron chi connectivity index (χ0n) is 7.99. The molecule has 1 rings (SSSR count). The summed E-state index contributed by atoms with van der Waals surface area (Å²) in [6.45, 7) is 3.63. The van der Waals surface area contributed by atoms with Gasteiger partial charge in [0.1, 0.15) is 0 Å². The highest BCUT2D eigenvalue weighted by molar-refractivity contribution is 5.80. The van der Waals surface area contributed by atoms with E-state index in [1.165, 1.54) is 0 Å². The van der Waals surface area contributed by atoms with Crippen molar-refractivity contribution in [1.29, 1.82) is 0 Å². The van der Waals surface area contributed by atoms with Crippen molar-refractivity contribution < 1.29 is 4.79 Å². The first-order valence-corrected chi connectivity index (χ1v) is 4.65. The molecule has 1 unspecified atom stereocenters. The Morgan fingerprint density at radius 2 is 2.08 bits per heavy atom. The summed E-state index contributed by atoms with van der Waals surface area (Å²) >= 11 is 0. The number of piperidine rings is 1. The third kappa shape index (κ3) is 2.65. The fourth-order valence-electron chi connectivity index (χ4n) is 1.59. The van der Waals surface area contributed by atoms with Crippen molar-refractivity contribution in [2.45, 2.75) is 31.8 Å². The van der Waals surface area contributed by atoms with E-state index >= 15 is 0 Å². The molecule has 13 heavy (non-hydrogen) atoms. The van der Waals surface area contributed by atoms with Crippen LogP contribution < -0.4 is 17.0 Å². The fourth-order valence-corrected chi connectivity index (χ4v) is 1.59. The van der Waals surface area contributed by atoms with Gasteiger partial charge in [-0.15, -0.1) is 0 Å². The molecule has 5 nitrogen and oxygen atoms in total. The second kappa shape index (κ2) is 4.55. The quantitative estimate of drug-likeness (QED) is 0.287. The SMILES string of the molecule is CC(C(=O)NN)N1CCC(N)CC1. The molecule has 1 amide bonds. The van der Waals surface area contributed by atoms with Crippen LogP contribution in [0.5, 0.6) is 0 Å². The zero-order valence-corrected chi connectivity index (χ0v) is 7.99. The van der Waals surface area contributed by atoms with Crippen LogP contribution in [-0.4, -0.2) is 36.0 Å². The van der Waals surface area contributed by atoms with Crippen LogP contribution in [0.3, 0.4) is 0 Å². The summed E-state index contributed by atoms with van der Waals surface area (Å²) in [6, 6.07) is 0.155. The molecule has 1 fully saturated rings. The van der Waals surface area contributed by atoms with E-state index in [0.717, 1.165) is 25.9 Å². The Labute approximate surface area is 78.4 Å². The molecule has 1 aliphatic heterocycles. The number of amides is 1. The van der Waals surface area contributed by atoms with E-state index in [2.05, 4.69) is 10.3 Å². The van der Waals surface area contributed by atoms with Crippen molar-refractivity contribution >= 4 is 5.91 Å². The Kier molecular flexibility index (Phi) is 3.65. The number of hydrogen-bond acceptors (Lipinski definition) is 4. The van der Waals surface area contributed by atoms with Gasteiger partial charge in [-0.05, 0) is 19.8 Å². The molecule has 5 N–H and O–H groups in total. The third-order valence-corrected chi connectivity index (χ3v) is 2.64. The Hall–Kier alpha value is -0.650. The molecule has 0 bridgehead atoms. The van der Waals surface area contributed by atoms with E-state index in [4.69, 9.17) is 11.6 Å². The van der Waals surface area contributed by atoms with Crippen LogP contribution >= 0.6 is 0 Å². The average molecular weight is 186 g/mol. The number of hydrogen-bond donors (Lipinski definition) is 3.